The predicted molar refractivity (Wildman–Crippen MR) is 48.0 cm³/mol. The Morgan fingerprint density at radius 3 is 2.58 bits per heavy atom. The highest BCUT2D eigenvalue weighted by Gasteiger charge is 2.09. The van der Waals surface area contributed by atoms with Crippen LogP contribution in [-0.4, -0.2) is 14.2 Å². The standard InChI is InChI=1S/C8H8ClO2S/c1-2-12(10,11)8-5-3-7(9)4-6-8/h3,5-6H,2H2,1H3. The van der Waals surface area contributed by atoms with Gasteiger partial charge in [-0.05, 0) is 18.2 Å². The van der Waals surface area contributed by atoms with Crippen molar-refractivity contribution in [2.24, 2.45) is 0 Å². The summed E-state index contributed by atoms with van der Waals surface area (Å²) in [6.07, 6.45) is 0. The molecule has 12 heavy (non-hydrogen) atoms. The lowest BCUT2D eigenvalue weighted by atomic mass is 10.4. The SMILES string of the molecule is CCS(=O)(=O)c1c[c]c(Cl)cc1. The number of halogens is 1. The van der Waals surface area contributed by atoms with Crippen LogP contribution in [0, 0.1) is 6.07 Å². The minimum absolute atomic E-state index is 0.0997. The van der Waals surface area contributed by atoms with Gasteiger partial charge in [-0.15, -0.1) is 0 Å². The van der Waals surface area contributed by atoms with Gasteiger partial charge in [0, 0.05) is 11.1 Å². The molecule has 0 aliphatic rings. The zero-order valence-corrected chi connectivity index (χ0v) is 8.11. The maximum Gasteiger partial charge on any atom is 0.178 e. The van der Waals surface area contributed by atoms with E-state index < -0.39 is 9.84 Å². The average Bonchev–Trinajstić information content (AvgIpc) is 2.05. The fourth-order valence-electron chi connectivity index (χ4n) is 0.752. The highest BCUT2D eigenvalue weighted by molar-refractivity contribution is 7.91. The lowest BCUT2D eigenvalue weighted by Crippen LogP contribution is -2.02. The van der Waals surface area contributed by atoms with Gasteiger partial charge in [0.25, 0.3) is 0 Å². The summed E-state index contributed by atoms with van der Waals surface area (Å²) in [6, 6.07) is 7.02. The summed E-state index contributed by atoms with van der Waals surface area (Å²) >= 11 is 5.55. The molecule has 0 bridgehead atoms. The second-order valence-electron chi connectivity index (χ2n) is 2.28. The molecule has 0 aromatic heterocycles. The molecule has 0 aliphatic heterocycles. The maximum atomic E-state index is 11.2. The van der Waals surface area contributed by atoms with E-state index in [1.807, 2.05) is 0 Å². The minimum atomic E-state index is -3.10. The molecule has 1 aromatic carbocycles. The van der Waals surface area contributed by atoms with Gasteiger partial charge in [-0.1, -0.05) is 18.5 Å². The Morgan fingerprint density at radius 1 is 1.50 bits per heavy atom. The monoisotopic (exact) mass is 203 g/mol. The second-order valence-corrected chi connectivity index (χ2v) is 4.96. The molecule has 0 spiro atoms. The van der Waals surface area contributed by atoms with Crippen LogP contribution in [0.3, 0.4) is 0 Å². The number of hydrogen-bond acceptors (Lipinski definition) is 2. The number of benzene rings is 1. The molecular formula is C8H8ClO2S. The van der Waals surface area contributed by atoms with E-state index in [9.17, 15) is 8.42 Å². The fourth-order valence-corrected chi connectivity index (χ4v) is 1.72. The molecular weight excluding hydrogens is 196 g/mol. The fraction of sp³-hybridized carbons (Fsp3) is 0.250. The van der Waals surface area contributed by atoms with E-state index in [1.54, 1.807) is 6.92 Å². The summed E-state index contributed by atoms with van der Waals surface area (Å²) in [6.45, 7) is 1.60. The zero-order valence-electron chi connectivity index (χ0n) is 6.54. The summed E-state index contributed by atoms with van der Waals surface area (Å²) in [5.74, 6) is 0.0997. The Hall–Kier alpha value is -0.540. The first-order valence-corrected chi connectivity index (χ1v) is 5.49. The Kier molecular flexibility index (Phi) is 2.75. The highest BCUT2D eigenvalue weighted by atomic mass is 35.5. The van der Waals surface area contributed by atoms with Crippen LogP contribution in [0.15, 0.2) is 23.1 Å². The van der Waals surface area contributed by atoms with Crippen molar-refractivity contribution in [1.29, 1.82) is 0 Å². The van der Waals surface area contributed by atoms with Crippen LogP contribution in [0.25, 0.3) is 0 Å². The van der Waals surface area contributed by atoms with Crippen LogP contribution in [0.2, 0.25) is 5.02 Å². The molecule has 0 unspecified atom stereocenters. The van der Waals surface area contributed by atoms with Gasteiger partial charge in [-0.25, -0.2) is 8.42 Å². The van der Waals surface area contributed by atoms with E-state index in [1.165, 1.54) is 18.2 Å². The largest absolute Gasteiger partial charge is 0.224 e. The molecule has 2 nitrogen and oxygen atoms in total. The van der Waals surface area contributed by atoms with Gasteiger partial charge in [0.05, 0.1) is 10.6 Å². The van der Waals surface area contributed by atoms with E-state index in [-0.39, 0.29) is 10.6 Å². The molecule has 0 heterocycles. The van der Waals surface area contributed by atoms with Crippen molar-refractivity contribution in [2.75, 3.05) is 5.75 Å². The second kappa shape index (κ2) is 3.46. The summed E-state index contributed by atoms with van der Waals surface area (Å²) in [5, 5.41) is 0.421. The Labute approximate surface area is 77.1 Å². The first kappa shape index (κ1) is 9.55. The van der Waals surface area contributed by atoms with E-state index in [0.717, 1.165) is 0 Å². The summed E-state index contributed by atoms with van der Waals surface area (Å²) < 4.78 is 22.5. The van der Waals surface area contributed by atoms with Gasteiger partial charge in [-0.3, -0.25) is 0 Å². The Bertz CT molecular complexity index is 353. The first-order chi connectivity index (χ1) is 5.56. The molecule has 65 valence electrons. The molecule has 0 saturated heterocycles. The minimum Gasteiger partial charge on any atom is -0.224 e. The lowest BCUT2D eigenvalue weighted by Gasteiger charge is -1.99. The van der Waals surface area contributed by atoms with Crippen LogP contribution in [0.4, 0.5) is 0 Å². The van der Waals surface area contributed by atoms with Crippen molar-refractivity contribution in [1.82, 2.24) is 0 Å². The predicted octanol–water partition coefficient (Wildman–Crippen LogP) is 1.93. The third kappa shape index (κ3) is 1.99. The van der Waals surface area contributed by atoms with E-state index >= 15 is 0 Å². The van der Waals surface area contributed by atoms with Crippen LogP contribution in [0.5, 0.6) is 0 Å². The topological polar surface area (TPSA) is 34.1 Å². The van der Waals surface area contributed by atoms with Crippen molar-refractivity contribution < 1.29 is 8.42 Å². The van der Waals surface area contributed by atoms with Crippen LogP contribution in [0.1, 0.15) is 6.92 Å². The van der Waals surface area contributed by atoms with Crippen molar-refractivity contribution in [3.8, 4) is 0 Å². The van der Waals surface area contributed by atoms with Gasteiger partial charge < -0.3 is 0 Å². The number of rotatable bonds is 2. The van der Waals surface area contributed by atoms with Crippen LogP contribution >= 0.6 is 11.6 Å². The average molecular weight is 204 g/mol. The number of sulfone groups is 1. The molecule has 1 aromatic rings. The zero-order chi connectivity index (χ0) is 9.19. The molecule has 0 aliphatic carbocycles. The number of hydrogen-bond donors (Lipinski definition) is 0. The molecule has 0 fully saturated rings. The maximum absolute atomic E-state index is 11.2. The first-order valence-electron chi connectivity index (χ1n) is 3.46. The van der Waals surface area contributed by atoms with Crippen molar-refractivity contribution in [2.45, 2.75) is 11.8 Å². The van der Waals surface area contributed by atoms with Gasteiger partial charge in [-0.2, -0.15) is 0 Å². The third-order valence-corrected chi connectivity index (χ3v) is 3.45. The van der Waals surface area contributed by atoms with Gasteiger partial charge in [0.2, 0.25) is 0 Å². The molecule has 0 atom stereocenters. The van der Waals surface area contributed by atoms with Gasteiger partial charge in [0.15, 0.2) is 9.84 Å². The summed E-state index contributed by atoms with van der Waals surface area (Å²) in [5.41, 5.74) is 0. The Balaban J connectivity index is 3.14. The van der Waals surface area contributed by atoms with E-state index in [4.69, 9.17) is 11.6 Å². The van der Waals surface area contributed by atoms with Crippen LogP contribution in [-0.2, 0) is 9.84 Å². The lowest BCUT2D eigenvalue weighted by molar-refractivity contribution is 0.597. The quantitative estimate of drug-likeness (QED) is 0.736. The summed E-state index contributed by atoms with van der Waals surface area (Å²) in [7, 11) is -3.10. The molecule has 4 heteroatoms. The van der Waals surface area contributed by atoms with E-state index in [2.05, 4.69) is 6.07 Å². The molecule has 0 saturated carbocycles. The normalized spacial score (nSPS) is 11.5. The molecule has 1 rings (SSSR count). The molecule has 0 N–H and O–H groups in total. The van der Waals surface area contributed by atoms with Crippen molar-refractivity contribution in [3.63, 3.8) is 0 Å². The molecule has 1 radical (unpaired) electrons. The van der Waals surface area contributed by atoms with Crippen molar-refractivity contribution >= 4 is 21.4 Å². The van der Waals surface area contributed by atoms with Gasteiger partial charge in [0.1, 0.15) is 0 Å². The molecule has 0 amide bonds. The smallest absolute Gasteiger partial charge is 0.178 e. The Morgan fingerprint density at radius 2 is 2.17 bits per heavy atom. The van der Waals surface area contributed by atoms with Crippen molar-refractivity contribution in [3.05, 3.63) is 29.3 Å². The summed E-state index contributed by atoms with van der Waals surface area (Å²) in [4.78, 5) is 0.273. The third-order valence-electron chi connectivity index (χ3n) is 1.49. The highest BCUT2D eigenvalue weighted by Crippen LogP contribution is 2.14. The van der Waals surface area contributed by atoms with Crippen LogP contribution < -0.4 is 0 Å². The van der Waals surface area contributed by atoms with E-state index in [0.29, 0.717) is 5.02 Å². The van der Waals surface area contributed by atoms with Gasteiger partial charge >= 0.3 is 0 Å².